The van der Waals surface area contributed by atoms with Crippen LogP contribution in [0, 0.1) is 0 Å². The van der Waals surface area contributed by atoms with Crippen molar-refractivity contribution in [1.82, 2.24) is 10.3 Å². The Hall–Kier alpha value is -3.87. The number of rotatable bonds is 7. The summed E-state index contributed by atoms with van der Waals surface area (Å²) in [5.74, 6) is 0.801. The van der Waals surface area contributed by atoms with E-state index in [-0.39, 0.29) is 12.1 Å². The molecule has 0 bridgehead atoms. The summed E-state index contributed by atoms with van der Waals surface area (Å²) in [7, 11) is 0. The standard InChI is InChI=1S/C23H22N4O3/c28-23(26-18-10-12-24-13-11-18)25-15-19-14-20(30-27-19)16-29-22-9-5-4-8-21(22)17-6-2-1-3-7-17/h1-13,20H,14-16H2,(H2,24,25,26,28). The van der Waals surface area contributed by atoms with E-state index in [1.54, 1.807) is 24.5 Å². The number of urea groups is 1. The van der Waals surface area contributed by atoms with Gasteiger partial charge in [-0.2, -0.15) is 0 Å². The van der Waals surface area contributed by atoms with Crippen molar-refractivity contribution in [2.24, 2.45) is 5.16 Å². The van der Waals surface area contributed by atoms with Gasteiger partial charge >= 0.3 is 6.03 Å². The first-order valence-electron chi connectivity index (χ1n) is 9.71. The first-order valence-corrected chi connectivity index (χ1v) is 9.71. The number of carbonyl (C=O) groups excluding carboxylic acids is 1. The van der Waals surface area contributed by atoms with Crippen LogP contribution >= 0.6 is 0 Å². The van der Waals surface area contributed by atoms with Gasteiger partial charge in [-0.25, -0.2) is 4.79 Å². The number of oxime groups is 1. The highest BCUT2D eigenvalue weighted by Crippen LogP contribution is 2.30. The monoisotopic (exact) mass is 402 g/mol. The van der Waals surface area contributed by atoms with E-state index >= 15 is 0 Å². The minimum atomic E-state index is -0.305. The van der Waals surface area contributed by atoms with Crippen molar-refractivity contribution in [3.63, 3.8) is 0 Å². The second kappa shape index (κ2) is 9.56. The van der Waals surface area contributed by atoms with Gasteiger partial charge in [0.05, 0.1) is 12.3 Å². The molecule has 1 aromatic heterocycles. The molecule has 152 valence electrons. The van der Waals surface area contributed by atoms with Crippen molar-refractivity contribution in [3.05, 3.63) is 79.1 Å². The Morgan fingerprint density at radius 1 is 1.03 bits per heavy atom. The van der Waals surface area contributed by atoms with E-state index in [1.807, 2.05) is 42.5 Å². The topological polar surface area (TPSA) is 84.8 Å². The molecule has 3 aromatic rings. The smallest absolute Gasteiger partial charge is 0.319 e. The quantitative estimate of drug-likeness (QED) is 0.623. The highest BCUT2D eigenvalue weighted by Gasteiger charge is 2.22. The number of hydrogen-bond acceptors (Lipinski definition) is 5. The van der Waals surface area contributed by atoms with Crippen molar-refractivity contribution < 1.29 is 14.4 Å². The zero-order chi connectivity index (χ0) is 20.6. The van der Waals surface area contributed by atoms with E-state index in [0.29, 0.717) is 25.3 Å². The number of nitrogens with zero attached hydrogens (tertiary/aromatic N) is 2. The molecule has 30 heavy (non-hydrogen) atoms. The molecule has 7 heteroatoms. The van der Waals surface area contributed by atoms with Gasteiger partial charge < -0.3 is 20.2 Å². The largest absolute Gasteiger partial charge is 0.489 e. The molecule has 1 unspecified atom stereocenters. The number of pyridine rings is 1. The first-order chi connectivity index (χ1) is 14.8. The highest BCUT2D eigenvalue weighted by atomic mass is 16.7. The molecule has 4 rings (SSSR count). The molecule has 0 saturated heterocycles. The van der Waals surface area contributed by atoms with E-state index in [4.69, 9.17) is 9.57 Å². The molecular formula is C23H22N4O3. The normalized spacial score (nSPS) is 15.1. The molecule has 0 aliphatic carbocycles. The summed E-state index contributed by atoms with van der Waals surface area (Å²) in [4.78, 5) is 21.3. The number of benzene rings is 2. The molecule has 2 heterocycles. The van der Waals surface area contributed by atoms with Gasteiger partial charge in [-0.15, -0.1) is 0 Å². The van der Waals surface area contributed by atoms with Crippen LogP contribution in [0.15, 0.2) is 84.3 Å². The Kier molecular flexibility index (Phi) is 6.19. The molecule has 2 aromatic carbocycles. The van der Waals surface area contributed by atoms with Crippen molar-refractivity contribution >= 4 is 17.4 Å². The summed E-state index contributed by atoms with van der Waals surface area (Å²) in [6, 6.07) is 21.2. The number of aromatic nitrogens is 1. The summed E-state index contributed by atoms with van der Waals surface area (Å²) in [5, 5.41) is 9.58. The molecule has 1 atom stereocenters. The van der Waals surface area contributed by atoms with E-state index < -0.39 is 0 Å². The zero-order valence-electron chi connectivity index (χ0n) is 16.3. The maximum Gasteiger partial charge on any atom is 0.319 e. The van der Waals surface area contributed by atoms with Crippen LogP contribution in [0.3, 0.4) is 0 Å². The van der Waals surface area contributed by atoms with E-state index in [9.17, 15) is 4.79 Å². The number of ether oxygens (including phenoxy) is 1. The lowest BCUT2D eigenvalue weighted by Gasteiger charge is -2.14. The number of amides is 2. The van der Waals surface area contributed by atoms with Crippen LogP contribution in [0.5, 0.6) is 5.75 Å². The number of nitrogens with one attached hydrogen (secondary N) is 2. The van der Waals surface area contributed by atoms with Crippen molar-refractivity contribution in [2.75, 3.05) is 18.5 Å². The van der Waals surface area contributed by atoms with Gasteiger partial charge in [-0.05, 0) is 23.8 Å². The van der Waals surface area contributed by atoms with Gasteiger partial charge in [0.15, 0.2) is 6.10 Å². The van der Waals surface area contributed by atoms with Crippen molar-refractivity contribution in [3.8, 4) is 16.9 Å². The van der Waals surface area contributed by atoms with Gasteiger partial charge in [0, 0.05) is 30.1 Å². The van der Waals surface area contributed by atoms with Crippen LogP contribution in [0.25, 0.3) is 11.1 Å². The lowest BCUT2D eigenvalue weighted by molar-refractivity contribution is 0.0472. The maximum absolute atomic E-state index is 12.0. The second-order valence-corrected chi connectivity index (χ2v) is 6.81. The summed E-state index contributed by atoms with van der Waals surface area (Å²) in [6.07, 6.45) is 3.65. The van der Waals surface area contributed by atoms with Crippen LogP contribution in [0.4, 0.5) is 10.5 Å². The van der Waals surface area contributed by atoms with Crippen LogP contribution in [-0.4, -0.2) is 36.0 Å². The van der Waals surface area contributed by atoms with Gasteiger partial charge in [0.2, 0.25) is 0 Å². The Balaban J connectivity index is 1.24. The minimum absolute atomic E-state index is 0.186. The molecular weight excluding hydrogens is 380 g/mol. The summed E-state index contributed by atoms with van der Waals surface area (Å²) < 4.78 is 6.02. The highest BCUT2D eigenvalue weighted by molar-refractivity contribution is 5.94. The third kappa shape index (κ3) is 5.14. The van der Waals surface area contributed by atoms with Gasteiger partial charge in [-0.1, -0.05) is 53.7 Å². The maximum atomic E-state index is 12.0. The van der Waals surface area contributed by atoms with Crippen LogP contribution in [0.2, 0.25) is 0 Å². The van der Waals surface area contributed by atoms with Crippen LogP contribution in [-0.2, 0) is 4.84 Å². The average Bonchev–Trinajstić information content (AvgIpc) is 3.26. The predicted octanol–water partition coefficient (Wildman–Crippen LogP) is 4.09. The third-order valence-electron chi connectivity index (χ3n) is 4.58. The van der Waals surface area contributed by atoms with Crippen LogP contribution < -0.4 is 15.4 Å². The number of hydrogen-bond donors (Lipinski definition) is 2. The number of anilines is 1. The number of carbonyl (C=O) groups is 1. The van der Waals surface area contributed by atoms with Crippen molar-refractivity contribution in [1.29, 1.82) is 0 Å². The van der Waals surface area contributed by atoms with E-state index in [1.165, 1.54) is 0 Å². The van der Waals surface area contributed by atoms with Gasteiger partial charge in [0.25, 0.3) is 0 Å². The molecule has 2 N–H and O–H groups in total. The average molecular weight is 402 g/mol. The predicted molar refractivity (Wildman–Crippen MR) is 116 cm³/mol. The molecule has 1 aliphatic rings. The van der Waals surface area contributed by atoms with Gasteiger partial charge in [0.1, 0.15) is 12.4 Å². The summed E-state index contributed by atoms with van der Waals surface area (Å²) in [5.41, 5.74) is 3.58. The molecule has 0 fully saturated rings. The fraction of sp³-hybridized carbons (Fsp3) is 0.174. The molecule has 0 spiro atoms. The Bertz CT molecular complexity index is 1010. The molecule has 7 nitrogen and oxygen atoms in total. The molecule has 0 saturated carbocycles. The second-order valence-electron chi connectivity index (χ2n) is 6.81. The van der Waals surface area contributed by atoms with Crippen molar-refractivity contribution in [2.45, 2.75) is 12.5 Å². The Morgan fingerprint density at radius 3 is 2.63 bits per heavy atom. The number of para-hydroxylation sites is 1. The Labute approximate surface area is 174 Å². The lowest BCUT2D eigenvalue weighted by atomic mass is 10.0. The summed E-state index contributed by atoms with van der Waals surface area (Å²) in [6.45, 7) is 0.689. The fourth-order valence-electron chi connectivity index (χ4n) is 3.10. The summed E-state index contributed by atoms with van der Waals surface area (Å²) >= 11 is 0. The third-order valence-corrected chi connectivity index (χ3v) is 4.58. The van der Waals surface area contributed by atoms with Gasteiger partial charge in [-0.3, -0.25) is 4.98 Å². The lowest BCUT2D eigenvalue weighted by Crippen LogP contribution is -2.33. The van der Waals surface area contributed by atoms with E-state index in [0.717, 1.165) is 22.6 Å². The van der Waals surface area contributed by atoms with E-state index in [2.05, 4.69) is 32.9 Å². The Morgan fingerprint density at radius 2 is 1.80 bits per heavy atom. The van der Waals surface area contributed by atoms with Crippen LogP contribution in [0.1, 0.15) is 6.42 Å². The fourth-order valence-corrected chi connectivity index (χ4v) is 3.10. The SMILES string of the molecule is O=C(NCC1=NOC(COc2ccccc2-c2ccccc2)C1)Nc1ccncc1. The molecule has 1 aliphatic heterocycles. The molecule has 2 amide bonds. The zero-order valence-corrected chi connectivity index (χ0v) is 16.3. The first kappa shape index (κ1) is 19.4. The molecule has 0 radical (unpaired) electrons. The minimum Gasteiger partial charge on any atom is -0.489 e.